The zero-order valence-corrected chi connectivity index (χ0v) is 23.7. The van der Waals surface area contributed by atoms with E-state index >= 15 is 0 Å². The van der Waals surface area contributed by atoms with Crippen molar-refractivity contribution in [3.8, 4) is 5.75 Å². The Morgan fingerprint density at radius 1 is 1.22 bits per heavy atom. The highest BCUT2D eigenvalue weighted by Crippen LogP contribution is 2.49. The van der Waals surface area contributed by atoms with Crippen molar-refractivity contribution in [1.29, 1.82) is 0 Å². The molecular formula is C28H34INO7. The summed E-state index contributed by atoms with van der Waals surface area (Å²) in [6.07, 6.45) is 6.17. The zero-order chi connectivity index (χ0) is 27.1. The van der Waals surface area contributed by atoms with Crippen LogP contribution < -0.4 is 4.74 Å². The van der Waals surface area contributed by atoms with Crippen molar-refractivity contribution in [2.24, 2.45) is 17.8 Å². The van der Waals surface area contributed by atoms with Gasteiger partial charge in [0, 0.05) is 11.5 Å². The molecule has 1 amide bonds. The normalized spacial score (nSPS) is 21.1. The molecule has 1 aromatic rings. The molecule has 0 aliphatic carbocycles. The van der Waals surface area contributed by atoms with Gasteiger partial charge in [0.1, 0.15) is 31.3 Å². The molecule has 0 spiro atoms. The summed E-state index contributed by atoms with van der Waals surface area (Å²) >= 11 is 2.25. The van der Waals surface area contributed by atoms with Crippen molar-refractivity contribution in [1.82, 2.24) is 4.90 Å². The van der Waals surface area contributed by atoms with E-state index in [1.165, 1.54) is 22.6 Å². The predicted octanol–water partition coefficient (Wildman–Crippen LogP) is 4.77. The number of aryl methyl sites for hydroxylation is 1. The summed E-state index contributed by atoms with van der Waals surface area (Å²) in [6, 6.07) is 5.70. The minimum atomic E-state index is -0.761. The molecule has 4 unspecified atom stereocenters. The predicted molar refractivity (Wildman–Crippen MR) is 146 cm³/mol. The minimum absolute atomic E-state index is 0.0153. The summed E-state index contributed by atoms with van der Waals surface area (Å²) in [6.45, 7) is 13.0. The maximum Gasteiger partial charge on any atom is 0.355 e. The number of carbonyl (C=O) groups excluding carboxylic acids is 3. The van der Waals surface area contributed by atoms with Crippen molar-refractivity contribution in [3.63, 3.8) is 0 Å². The van der Waals surface area contributed by atoms with Crippen LogP contribution in [0.15, 0.2) is 54.8 Å². The van der Waals surface area contributed by atoms with Gasteiger partial charge in [-0.3, -0.25) is 9.68 Å². The van der Waals surface area contributed by atoms with Gasteiger partial charge >= 0.3 is 11.9 Å². The van der Waals surface area contributed by atoms with Crippen LogP contribution in [-0.4, -0.2) is 48.6 Å². The van der Waals surface area contributed by atoms with Crippen LogP contribution in [0.2, 0.25) is 0 Å². The molecule has 0 aromatic heterocycles. The fourth-order valence-corrected chi connectivity index (χ4v) is 5.50. The number of fused-ring (bicyclic) bond motifs is 1. The van der Waals surface area contributed by atoms with Crippen LogP contribution in [0.1, 0.15) is 39.2 Å². The van der Waals surface area contributed by atoms with Crippen molar-refractivity contribution >= 4 is 40.4 Å². The van der Waals surface area contributed by atoms with Gasteiger partial charge in [-0.25, -0.2) is 9.59 Å². The average molecular weight is 623 g/mol. The smallest absolute Gasteiger partial charge is 0.355 e. The number of β-lactam (4-membered cyclic amide) rings is 1. The molecule has 1 aromatic carbocycles. The second-order valence-corrected chi connectivity index (χ2v) is 10.4. The Morgan fingerprint density at radius 2 is 1.95 bits per heavy atom. The summed E-state index contributed by atoms with van der Waals surface area (Å²) in [5.74, 6) is -2.55. The Balaban J connectivity index is 1.81. The Kier molecular flexibility index (Phi) is 10.3. The van der Waals surface area contributed by atoms with E-state index in [2.05, 4.69) is 48.7 Å². The standard InChI is InChI=1S/C28H34INO7/c1-6-9-10-19-11-12-22(21(29)15-19)35-16-20-17(4)24-23(18(5)27(32)37-36-14-8-3)26(31)30(24)25(20)28(33)34-13-7-2/h7-8,11-12,15,17-18,23-24H,2-3,6,9-10,13-14,16H2,1,4-5H3. The lowest BCUT2D eigenvalue weighted by molar-refractivity contribution is -0.271. The first-order valence-electron chi connectivity index (χ1n) is 12.5. The number of halogens is 1. The van der Waals surface area contributed by atoms with Gasteiger partial charge in [0.15, 0.2) is 0 Å². The van der Waals surface area contributed by atoms with Crippen molar-refractivity contribution < 1.29 is 33.6 Å². The SMILES string of the molecule is C=CCOOC(=O)C(C)C1C(=O)N2C(C(=O)OCC=C)=C(COc3ccc(CCCC)cc3I)C(C)C12. The number of hydrogen-bond donors (Lipinski definition) is 0. The highest BCUT2D eigenvalue weighted by atomic mass is 127. The molecule has 1 saturated heterocycles. The average Bonchev–Trinajstić information content (AvgIpc) is 3.13. The summed E-state index contributed by atoms with van der Waals surface area (Å²) in [4.78, 5) is 49.7. The fraction of sp³-hybridized carbons (Fsp3) is 0.464. The van der Waals surface area contributed by atoms with E-state index in [9.17, 15) is 14.4 Å². The molecular weight excluding hydrogens is 589 g/mol. The molecule has 0 N–H and O–H groups in total. The highest BCUT2D eigenvalue weighted by molar-refractivity contribution is 14.1. The van der Waals surface area contributed by atoms with E-state index in [4.69, 9.17) is 19.2 Å². The summed E-state index contributed by atoms with van der Waals surface area (Å²) in [7, 11) is 0. The molecule has 8 nitrogen and oxygen atoms in total. The highest BCUT2D eigenvalue weighted by Gasteiger charge is 2.61. The van der Waals surface area contributed by atoms with Gasteiger partial charge in [0.05, 0.1) is 21.4 Å². The van der Waals surface area contributed by atoms with Crippen LogP contribution in [0.25, 0.3) is 0 Å². The third-order valence-corrected chi connectivity index (χ3v) is 7.60. The quantitative estimate of drug-likeness (QED) is 0.0561. The monoisotopic (exact) mass is 623 g/mol. The van der Waals surface area contributed by atoms with Gasteiger partial charge in [0.25, 0.3) is 0 Å². The van der Waals surface area contributed by atoms with E-state index in [0.717, 1.165) is 22.8 Å². The van der Waals surface area contributed by atoms with Crippen LogP contribution >= 0.6 is 22.6 Å². The molecule has 0 bridgehead atoms. The van der Waals surface area contributed by atoms with Crippen LogP contribution in [0.5, 0.6) is 5.75 Å². The number of ether oxygens (including phenoxy) is 2. The van der Waals surface area contributed by atoms with E-state index in [-0.39, 0.29) is 37.3 Å². The maximum atomic E-state index is 13.2. The lowest BCUT2D eigenvalue weighted by atomic mass is 9.74. The molecule has 9 heteroatoms. The molecule has 2 heterocycles. The fourth-order valence-electron chi connectivity index (χ4n) is 4.76. The molecule has 1 fully saturated rings. The lowest BCUT2D eigenvalue weighted by Crippen LogP contribution is -2.63. The first-order valence-corrected chi connectivity index (χ1v) is 13.5. The van der Waals surface area contributed by atoms with E-state index in [1.54, 1.807) is 6.92 Å². The van der Waals surface area contributed by atoms with E-state index in [1.807, 2.05) is 19.1 Å². The molecule has 2 aliphatic rings. The van der Waals surface area contributed by atoms with Crippen molar-refractivity contribution in [2.45, 2.75) is 46.1 Å². The molecule has 0 saturated carbocycles. The van der Waals surface area contributed by atoms with Crippen LogP contribution in [-0.2, 0) is 35.3 Å². The number of nitrogens with zero attached hydrogens (tertiary/aromatic N) is 1. The first-order chi connectivity index (χ1) is 17.8. The third-order valence-electron chi connectivity index (χ3n) is 6.76. The van der Waals surface area contributed by atoms with Gasteiger partial charge in [-0.1, -0.05) is 52.0 Å². The summed E-state index contributed by atoms with van der Waals surface area (Å²) in [5.41, 5.74) is 2.08. The Labute approximate surface area is 231 Å². The molecule has 200 valence electrons. The molecule has 4 atom stereocenters. The second-order valence-electron chi connectivity index (χ2n) is 9.20. The van der Waals surface area contributed by atoms with Gasteiger partial charge in [-0.2, -0.15) is 4.89 Å². The minimum Gasteiger partial charge on any atom is -0.488 e. The molecule has 37 heavy (non-hydrogen) atoms. The van der Waals surface area contributed by atoms with Crippen LogP contribution in [0, 0.1) is 21.3 Å². The second kappa shape index (κ2) is 13.2. The van der Waals surface area contributed by atoms with Gasteiger partial charge in [0.2, 0.25) is 5.91 Å². The number of rotatable bonds is 14. The number of benzene rings is 1. The van der Waals surface area contributed by atoms with Crippen LogP contribution in [0.3, 0.4) is 0 Å². The van der Waals surface area contributed by atoms with Gasteiger partial charge < -0.3 is 14.4 Å². The largest absolute Gasteiger partial charge is 0.488 e. The summed E-state index contributed by atoms with van der Waals surface area (Å²) < 4.78 is 12.4. The third kappa shape index (κ3) is 6.26. The van der Waals surface area contributed by atoms with Gasteiger partial charge in [-0.15, -0.1) is 6.58 Å². The Morgan fingerprint density at radius 3 is 2.59 bits per heavy atom. The lowest BCUT2D eigenvalue weighted by Gasteiger charge is -2.47. The number of hydrogen-bond acceptors (Lipinski definition) is 7. The molecule has 2 aliphatic heterocycles. The Hall–Kier alpha value is -2.66. The van der Waals surface area contributed by atoms with Gasteiger partial charge in [-0.05, 0) is 53.1 Å². The number of carbonyl (C=O) groups is 3. The number of unbranched alkanes of at least 4 members (excludes halogenated alkanes) is 1. The first kappa shape index (κ1) is 28.9. The van der Waals surface area contributed by atoms with E-state index < -0.39 is 29.8 Å². The number of amides is 1. The van der Waals surface area contributed by atoms with Crippen LogP contribution in [0.4, 0.5) is 0 Å². The summed E-state index contributed by atoms with van der Waals surface area (Å²) in [5, 5.41) is 0. The zero-order valence-electron chi connectivity index (χ0n) is 21.5. The topological polar surface area (TPSA) is 91.4 Å². The molecule has 0 radical (unpaired) electrons. The maximum absolute atomic E-state index is 13.2. The van der Waals surface area contributed by atoms with Crippen molar-refractivity contribution in [2.75, 3.05) is 19.8 Å². The number of esters is 1. The van der Waals surface area contributed by atoms with Crippen molar-refractivity contribution in [3.05, 3.63) is 63.9 Å². The molecule has 3 rings (SSSR count). The Bertz CT molecular complexity index is 1080. The van der Waals surface area contributed by atoms with E-state index in [0.29, 0.717) is 11.3 Å².